The highest BCUT2D eigenvalue weighted by molar-refractivity contribution is 6.30. The Balaban J connectivity index is 1.48. The second kappa shape index (κ2) is 7.21. The van der Waals surface area contributed by atoms with Crippen LogP contribution in [0.1, 0.15) is 65.1 Å². The van der Waals surface area contributed by atoms with Gasteiger partial charge in [-0.2, -0.15) is 0 Å². The molecule has 2 amide bonds. The molecule has 2 aliphatic rings. The first-order valence-electron chi connectivity index (χ1n) is 9.73. The van der Waals surface area contributed by atoms with E-state index in [0.717, 1.165) is 44.2 Å². The van der Waals surface area contributed by atoms with Crippen LogP contribution in [0.2, 0.25) is 5.02 Å². The predicted octanol–water partition coefficient (Wildman–Crippen LogP) is 4.05. The Hall–Kier alpha value is -2.40. The number of amides is 2. The van der Waals surface area contributed by atoms with E-state index in [-0.39, 0.29) is 22.9 Å². The van der Waals surface area contributed by atoms with Gasteiger partial charge in [0.15, 0.2) is 0 Å². The number of benzene rings is 1. The van der Waals surface area contributed by atoms with Crippen LogP contribution < -0.4 is 10.6 Å². The molecule has 0 aliphatic heterocycles. The molecule has 146 valence electrons. The largest absolute Gasteiger partial charge is 0.347 e. The van der Waals surface area contributed by atoms with E-state index in [2.05, 4.69) is 15.6 Å². The Morgan fingerprint density at radius 3 is 2.32 bits per heavy atom. The molecule has 2 saturated carbocycles. The molecule has 0 radical (unpaired) electrons. The molecule has 2 bridgehead atoms. The van der Waals surface area contributed by atoms with Crippen molar-refractivity contribution in [3.05, 3.63) is 64.4 Å². The third kappa shape index (κ3) is 3.76. The summed E-state index contributed by atoms with van der Waals surface area (Å²) in [5.41, 5.74) is 1.29. The lowest BCUT2D eigenvalue weighted by atomic mass is 9.78. The Morgan fingerprint density at radius 2 is 1.64 bits per heavy atom. The number of hydrogen-bond acceptors (Lipinski definition) is 3. The second-order valence-corrected chi connectivity index (χ2v) is 8.61. The maximum Gasteiger partial charge on any atom is 0.270 e. The average Bonchev–Trinajstić information content (AvgIpc) is 2.91. The van der Waals surface area contributed by atoms with Crippen LogP contribution in [0.4, 0.5) is 0 Å². The highest BCUT2D eigenvalue weighted by Gasteiger charge is 2.52. The SMILES string of the molecule is Cc1cccc(C(=O)NC23CCC[C@@](NC(=O)c4cccc(Cl)c4)(CC2)C3)n1. The fraction of sp³-hybridized carbons (Fsp3) is 0.409. The van der Waals surface area contributed by atoms with Crippen molar-refractivity contribution in [2.45, 2.75) is 56.5 Å². The number of carbonyl (C=O) groups excluding carboxylic acids is 2. The first-order valence-corrected chi connectivity index (χ1v) is 10.1. The minimum Gasteiger partial charge on any atom is -0.347 e. The summed E-state index contributed by atoms with van der Waals surface area (Å²) >= 11 is 6.02. The zero-order valence-electron chi connectivity index (χ0n) is 15.9. The van der Waals surface area contributed by atoms with Gasteiger partial charge in [0.1, 0.15) is 5.69 Å². The van der Waals surface area contributed by atoms with E-state index in [1.54, 1.807) is 30.3 Å². The fourth-order valence-electron chi connectivity index (χ4n) is 4.75. The standard InChI is InChI=1S/C22H24ClN3O2/c1-15-5-2-8-18(24-15)20(28)26-22-10-4-9-21(14-22,11-12-22)25-19(27)16-6-3-7-17(23)13-16/h2-3,5-8,13H,4,9-12,14H2,1H3,(H,25,27)(H,26,28)/t21-,22?/m1/s1. The Kier molecular flexibility index (Phi) is 4.88. The number of carbonyl (C=O) groups is 2. The van der Waals surface area contributed by atoms with Crippen molar-refractivity contribution in [3.8, 4) is 0 Å². The molecule has 4 rings (SSSR count). The second-order valence-electron chi connectivity index (χ2n) is 8.17. The first-order chi connectivity index (χ1) is 13.4. The lowest BCUT2D eigenvalue weighted by Gasteiger charge is -2.40. The molecule has 5 nitrogen and oxygen atoms in total. The number of aryl methyl sites for hydroxylation is 1. The topological polar surface area (TPSA) is 71.1 Å². The lowest BCUT2D eigenvalue weighted by Crippen LogP contribution is -2.55. The number of aromatic nitrogens is 1. The molecule has 1 unspecified atom stereocenters. The predicted molar refractivity (Wildman–Crippen MR) is 109 cm³/mol. The summed E-state index contributed by atoms with van der Waals surface area (Å²) in [5.74, 6) is -0.241. The Bertz CT molecular complexity index is 858. The summed E-state index contributed by atoms with van der Waals surface area (Å²) in [7, 11) is 0. The summed E-state index contributed by atoms with van der Waals surface area (Å²) in [6, 6.07) is 12.5. The third-order valence-corrected chi connectivity index (χ3v) is 6.27. The highest BCUT2D eigenvalue weighted by Crippen LogP contribution is 2.48. The summed E-state index contributed by atoms with van der Waals surface area (Å²) < 4.78 is 0. The van der Waals surface area contributed by atoms with Crippen LogP contribution in [0, 0.1) is 6.92 Å². The van der Waals surface area contributed by atoms with Gasteiger partial charge in [0.25, 0.3) is 11.8 Å². The molecule has 2 fully saturated rings. The monoisotopic (exact) mass is 397 g/mol. The van der Waals surface area contributed by atoms with Gasteiger partial charge in [-0.25, -0.2) is 4.98 Å². The number of nitrogens with zero attached hydrogens (tertiary/aromatic N) is 1. The maximum absolute atomic E-state index is 12.8. The van der Waals surface area contributed by atoms with E-state index in [1.807, 2.05) is 19.1 Å². The van der Waals surface area contributed by atoms with Crippen LogP contribution in [0.5, 0.6) is 0 Å². The Labute approximate surface area is 169 Å². The Morgan fingerprint density at radius 1 is 0.964 bits per heavy atom. The lowest BCUT2D eigenvalue weighted by molar-refractivity contribution is 0.0829. The van der Waals surface area contributed by atoms with Gasteiger partial charge >= 0.3 is 0 Å². The fourth-order valence-corrected chi connectivity index (χ4v) is 4.94. The van der Waals surface area contributed by atoms with Crippen molar-refractivity contribution in [1.82, 2.24) is 15.6 Å². The van der Waals surface area contributed by atoms with Crippen molar-refractivity contribution in [3.63, 3.8) is 0 Å². The summed E-state index contributed by atoms with van der Waals surface area (Å²) in [4.78, 5) is 29.9. The molecule has 1 heterocycles. The highest BCUT2D eigenvalue weighted by atomic mass is 35.5. The van der Waals surface area contributed by atoms with Crippen LogP contribution in [-0.4, -0.2) is 27.9 Å². The molecule has 2 aliphatic carbocycles. The molecule has 6 heteroatoms. The molecule has 2 N–H and O–H groups in total. The van der Waals surface area contributed by atoms with Crippen molar-refractivity contribution < 1.29 is 9.59 Å². The van der Waals surface area contributed by atoms with E-state index in [9.17, 15) is 9.59 Å². The van der Waals surface area contributed by atoms with Crippen molar-refractivity contribution in [1.29, 1.82) is 0 Å². The van der Waals surface area contributed by atoms with Gasteiger partial charge in [-0.05, 0) is 75.8 Å². The maximum atomic E-state index is 12.8. The number of pyridine rings is 1. The van der Waals surface area contributed by atoms with Gasteiger partial charge in [-0.1, -0.05) is 23.7 Å². The van der Waals surface area contributed by atoms with Crippen LogP contribution >= 0.6 is 11.6 Å². The zero-order valence-corrected chi connectivity index (χ0v) is 16.7. The summed E-state index contributed by atoms with van der Waals surface area (Å²) in [6.45, 7) is 1.88. The van der Waals surface area contributed by atoms with E-state index in [0.29, 0.717) is 16.3 Å². The van der Waals surface area contributed by atoms with Gasteiger partial charge < -0.3 is 10.6 Å². The average molecular weight is 398 g/mol. The number of nitrogens with one attached hydrogen (secondary N) is 2. The number of fused-ring (bicyclic) bond motifs is 2. The molecule has 0 saturated heterocycles. The van der Waals surface area contributed by atoms with Crippen LogP contribution in [0.3, 0.4) is 0 Å². The van der Waals surface area contributed by atoms with Gasteiger partial charge in [0, 0.05) is 27.4 Å². The molecule has 2 atom stereocenters. The van der Waals surface area contributed by atoms with Crippen LogP contribution in [0.25, 0.3) is 0 Å². The van der Waals surface area contributed by atoms with Crippen LogP contribution in [-0.2, 0) is 0 Å². The van der Waals surface area contributed by atoms with Crippen molar-refractivity contribution >= 4 is 23.4 Å². The van der Waals surface area contributed by atoms with E-state index in [4.69, 9.17) is 11.6 Å². The van der Waals surface area contributed by atoms with E-state index >= 15 is 0 Å². The van der Waals surface area contributed by atoms with Crippen molar-refractivity contribution in [2.24, 2.45) is 0 Å². The van der Waals surface area contributed by atoms with E-state index < -0.39 is 0 Å². The van der Waals surface area contributed by atoms with Gasteiger partial charge in [0.05, 0.1) is 0 Å². The smallest absolute Gasteiger partial charge is 0.270 e. The minimum atomic E-state index is -0.275. The summed E-state index contributed by atoms with van der Waals surface area (Å²) in [5, 5.41) is 7.04. The molecular formula is C22H24ClN3O2. The number of hydrogen-bond donors (Lipinski definition) is 2. The number of halogens is 1. The quantitative estimate of drug-likeness (QED) is 0.817. The molecule has 28 heavy (non-hydrogen) atoms. The van der Waals surface area contributed by atoms with Gasteiger partial charge in [-0.3, -0.25) is 9.59 Å². The van der Waals surface area contributed by atoms with E-state index in [1.165, 1.54) is 0 Å². The molecule has 0 spiro atoms. The van der Waals surface area contributed by atoms with Gasteiger partial charge in [-0.15, -0.1) is 0 Å². The molecular weight excluding hydrogens is 374 g/mol. The zero-order chi connectivity index (χ0) is 19.8. The summed E-state index contributed by atoms with van der Waals surface area (Å²) in [6.07, 6.45) is 5.31. The third-order valence-electron chi connectivity index (χ3n) is 6.03. The van der Waals surface area contributed by atoms with Crippen molar-refractivity contribution in [2.75, 3.05) is 0 Å². The molecule has 1 aromatic carbocycles. The first kappa shape index (κ1) is 18.9. The van der Waals surface area contributed by atoms with Gasteiger partial charge in [0.2, 0.25) is 0 Å². The number of rotatable bonds is 4. The minimum absolute atomic E-state index is 0.105. The van der Waals surface area contributed by atoms with Crippen LogP contribution in [0.15, 0.2) is 42.5 Å². The molecule has 1 aromatic heterocycles. The normalized spacial score (nSPS) is 25.9. The molecule has 2 aromatic rings.